The van der Waals surface area contributed by atoms with Gasteiger partial charge in [-0.1, -0.05) is 28.1 Å². The number of aromatic nitrogens is 1. The second-order valence-electron chi connectivity index (χ2n) is 5.07. The molecule has 19 heavy (non-hydrogen) atoms. The monoisotopic (exact) mass is 336 g/mol. The van der Waals surface area contributed by atoms with E-state index in [1.165, 1.54) is 30.6 Å². The Hall–Kier alpha value is -0.710. The number of rotatable bonds is 3. The summed E-state index contributed by atoms with van der Waals surface area (Å²) in [5.74, 6) is 0.756. The first kappa shape index (κ1) is 13.3. The molecule has 0 radical (unpaired) electrons. The summed E-state index contributed by atoms with van der Waals surface area (Å²) in [7, 11) is 0. The summed E-state index contributed by atoms with van der Waals surface area (Å²) in [6.07, 6.45) is 3.74. The number of hydrogen-bond acceptors (Lipinski definition) is 3. The topological polar surface area (TPSA) is 24.9 Å². The first-order valence-electron chi connectivity index (χ1n) is 6.72. The molecule has 4 heteroatoms. The molecule has 2 aromatic rings. The van der Waals surface area contributed by atoms with Gasteiger partial charge in [0.2, 0.25) is 0 Å². The molecule has 1 unspecified atom stereocenters. The lowest BCUT2D eigenvalue weighted by Crippen LogP contribution is -2.30. The number of benzene rings is 1. The quantitative estimate of drug-likeness (QED) is 0.912. The Morgan fingerprint density at radius 3 is 3.16 bits per heavy atom. The van der Waals surface area contributed by atoms with E-state index in [-0.39, 0.29) is 0 Å². The van der Waals surface area contributed by atoms with E-state index in [0.29, 0.717) is 0 Å². The van der Waals surface area contributed by atoms with Gasteiger partial charge in [0.15, 0.2) is 0 Å². The normalized spacial score (nSPS) is 19.5. The number of hydrogen-bond donors (Lipinski definition) is 1. The Morgan fingerprint density at radius 1 is 1.42 bits per heavy atom. The lowest BCUT2D eigenvalue weighted by molar-refractivity contribution is 0.374. The highest BCUT2D eigenvalue weighted by molar-refractivity contribution is 9.10. The summed E-state index contributed by atoms with van der Waals surface area (Å²) in [4.78, 5) is 4.79. The van der Waals surface area contributed by atoms with Crippen molar-refractivity contribution in [2.24, 2.45) is 5.92 Å². The van der Waals surface area contributed by atoms with Crippen LogP contribution in [-0.2, 0) is 6.42 Å². The molecule has 1 aromatic carbocycles. The molecule has 1 aliphatic rings. The van der Waals surface area contributed by atoms with Crippen LogP contribution in [0.3, 0.4) is 0 Å². The second-order valence-corrected chi connectivity index (χ2v) is 6.84. The van der Waals surface area contributed by atoms with Gasteiger partial charge in [-0.3, -0.25) is 0 Å². The van der Waals surface area contributed by atoms with Gasteiger partial charge in [-0.15, -0.1) is 11.3 Å². The maximum atomic E-state index is 4.79. The lowest BCUT2D eigenvalue weighted by Gasteiger charge is -2.21. The van der Waals surface area contributed by atoms with Gasteiger partial charge in [-0.25, -0.2) is 4.98 Å². The van der Waals surface area contributed by atoms with Gasteiger partial charge >= 0.3 is 0 Å². The van der Waals surface area contributed by atoms with Gasteiger partial charge in [-0.2, -0.15) is 0 Å². The van der Waals surface area contributed by atoms with Gasteiger partial charge < -0.3 is 5.32 Å². The summed E-state index contributed by atoms with van der Waals surface area (Å²) in [6.45, 7) is 2.32. The van der Waals surface area contributed by atoms with Crippen molar-refractivity contribution in [3.8, 4) is 10.6 Å². The van der Waals surface area contributed by atoms with Crippen molar-refractivity contribution in [3.05, 3.63) is 39.8 Å². The Labute approximate surface area is 126 Å². The van der Waals surface area contributed by atoms with E-state index in [1.807, 2.05) is 6.07 Å². The van der Waals surface area contributed by atoms with E-state index in [2.05, 4.69) is 44.8 Å². The Balaban J connectivity index is 1.72. The number of halogens is 1. The predicted molar refractivity (Wildman–Crippen MR) is 84.5 cm³/mol. The van der Waals surface area contributed by atoms with Gasteiger partial charge in [0.1, 0.15) is 5.01 Å². The average molecular weight is 337 g/mol. The Morgan fingerprint density at radius 2 is 2.37 bits per heavy atom. The molecule has 0 spiro atoms. The largest absolute Gasteiger partial charge is 0.316 e. The molecule has 0 bridgehead atoms. The minimum atomic E-state index is 0.756. The molecule has 3 rings (SSSR count). The van der Waals surface area contributed by atoms with E-state index >= 15 is 0 Å². The van der Waals surface area contributed by atoms with E-state index in [9.17, 15) is 0 Å². The summed E-state index contributed by atoms with van der Waals surface area (Å²) in [5, 5.41) is 6.81. The van der Waals surface area contributed by atoms with Crippen LogP contribution in [0.4, 0.5) is 0 Å². The van der Waals surface area contributed by atoms with Crippen LogP contribution < -0.4 is 5.32 Å². The molecule has 1 aromatic heterocycles. The van der Waals surface area contributed by atoms with Crippen LogP contribution in [0, 0.1) is 5.92 Å². The molecule has 2 nitrogen and oxygen atoms in total. The minimum absolute atomic E-state index is 0.756. The fourth-order valence-electron chi connectivity index (χ4n) is 2.55. The van der Waals surface area contributed by atoms with Crippen molar-refractivity contribution < 1.29 is 0 Å². The molecule has 0 saturated carbocycles. The molecule has 2 heterocycles. The van der Waals surface area contributed by atoms with Crippen molar-refractivity contribution in [3.63, 3.8) is 0 Å². The molecule has 100 valence electrons. The van der Waals surface area contributed by atoms with Gasteiger partial charge in [0.05, 0.1) is 5.69 Å². The zero-order valence-corrected chi connectivity index (χ0v) is 13.1. The predicted octanol–water partition coefficient (Wildman–Crippen LogP) is 4.11. The molecular formula is C15H17BrN2S. The highest BCUT2D eigenvalue weighted by Crippen LogP contribution is 2.27. The molecule has 1 saturated heterocycles. The molecule has 1 atom stereocenters. The van der Waals surface area contributed by atoms with Crippen LogP contribution in [0.15, 0.2) is 34.1 Å². The van der Waals surface area contributed by atoms with Crippen molar-refractivity contribution in [2.45, 2.75) is 19.3 Å². The average Bonchev–Trinajstić information content (AvgIpc) is 2.88. The van der Waals surface area contributed by atoms with E-state index in [0.717, 1.165) is 28.4 Å². The third-order valence-electron chi connectivity index (χ3n) is 3.52. The van der Waals surface area contributed by atoms with E-state index in [1.54, 1.807) is 11.3 Å². The Bertz CT molecular complexity index is 547. The highest BCUT2D eigenvalue weighted by Gasteiger charge is 2.15. The van der Waals surface area contributed by atoms with Crippen LogP contribution in [0.5, 0.6) is 0 Å². The molecule has 0 amide bonds. The van der Waals surface area contributed by atoms with E-state index in [4.69, 9.17) is 4.98 Å². The second kappa shape index (κ2) is 6.16. The maximum Gasteiger partial charge on any atom is 0.123 e. The molecule has 1 N–H and O–H groups in total. The number of nitrogens with one attached hydrogen (secondary N) is 1. The number of nitrogens with zero attached hydrogens (tertiary/aromatic N) is 1. The van der Waals surface area contributed by atoms with Crippen LogP contribution in [-0.4, -0.2) is 18.1 Å². The third kappa shape index (κ3) is 3.44. The van der Waals surface area contributed by atoms with Gasteiger partial charge in [0, 0.05) is 15.4 Å². The fourth-order valence-corrected chi connectivity index (χ4v) is 3.78. The summed E-state index contributed by atoms with van der Waals surface area (Å²) >= 11 is 5.26. The maximum absolute atomic E-state index is 4.79. The third-order valence-corrected chi connectivity index (χ3v) is 4.95. The number of piperidine rings is 1. The van der Waals surface area contributed by atoms with Crippen LogP contribution in [0.1, 0.15) is 18.5 Å². The summed E-state index contributed by atoms with van der Waals surface area (Å²) in [5.41, 5.74) is 2.45. The van der Waals surface area contributed by atoms with Gasteiger partial charge in [-0.05, 0) is 50.4 Å². The van der Waals surface area contributed by atoms with Crippen molar-refractivity contribution in [1.29, 1.82) is 0 Å². The molecular weight excluding hydrogens is 320 g/mol. The number of thiazole rings is 1. The SMILES string of the molecule is Brc1cccc(-c2nc(CC3CCCNC3)cs2)c1. The van der Waals surface area contributed by atoms with Gasteiger partial charge in [0.25, 0.3) is 0 Å². The molecule has 0 aliphatic carbocycles. The molecule has 1 fully saturated rings. The first-order chi connectivity index (χ1) is 9.31. The van der Waals surface area contributed by atoms with Crippen molar-refractivity contribution in [2.75, 3.05) is 13.1 Å². The fraction of sp³-hybridized carbons (Fsp3) is 0.400. The summed E-state index contributed by atoms with van der Waals surface area (Å²) < 4.78 is 1.11. The van der Waals surface area contributed by atoms with Crippen LogP contribution >= 0.6 is 27.3 Å². The lowest BCUT2D eigenvalue weighted by atomic mass is 9.95. The zero-order valence-electron chi connectivity index (χ0n) is 10.7. The summed E-state index contributed by atoms with van der Waals surface area (Å²) in [6, 6.07) is 8.36. The minimum Gasteiger partial charge on any atom is -0.316 e. The van der Waals surface area contributed by atoms with E-state index < -0.39 is 0 Å². The smallest absolute Gasteiger partial charge is 0.123 e. The van der Waals surface area contributed by atoms with Crippen LogP contribution in [0.25, 0.3) is 10.6 Å². The molecule has 1 aliphatic heterocycles. The van der Waals surface area contributed by atoms with Crippen molar-refractivity contribution in [1.82, 2.24) is 10.3 Å². The first-order valence-corrected chi connectivity index (χ1v) is 8.39. The highest BCUT2D eigenvalue weighted by atomic mass is 79.9. The van der Waals surface area contributed by atoms with Crippen LogP contribution in [0.2, 0.25) is 0 Å². The zero-order chi connectivity index (χ0) is 13.1. The van der Waals surface area contributed by atoms with Crippen molar-refractivity contribution >= 4 is 27.3 Å². The standard InChI is InChI=1S/C15H17BrN2S/c16-13-5-1-4-12(8-13)15-18-14(10-19-15)7-11-3-2-6-17-9-11/h1,4-5,8,10-11,17H,2-3,6-7,9H2. The Kier molecular flexibility index (Phi) is 4.31.